The lowest BCUT2D eigenvalue weighted by Gasteiger charge is -2.32. The highest BCUT2D eigenvalue weighted by molar-refractivity contribution is 7.89. The third-order valence-electron chi connectivity index (χ3n) is 4.23. The molecule has 8 heteroatoms. The van der Waals surface area contributed by atoms with E-state index in [4.69, 9.17) is 0 Å². The number of hydrogen-bond donors (Lipinski definition) is 2. The Bertz CT molecular complexity index is 699. The zero-order valence-electron chi connectivity index (χ0n) is 15.3. The van der Waals surface area contributed by atoms with Gasteiger partial charge in [0, 0.05) is 38.6 Å². The van der Waals surface area contributed by atoms with Crippen LogP contribution < -0.4 is 10.0 Å². The van der Waals surface area contributed by atoms with E-state index >= 15 is 0 Å². The van der Waals surface area contributed by atoms with Crippen LogP contribution in [-0.2, 0) is 14.8 Å². The van der Waals surface area contributed by atoms with Crippen molar-refractivity contribution in [3.05, 3.63) is 28.8 Å². The van der Waals surface area contributed by atoms with E-state index in [-0.39, 0.29) is 37.3 Å². The molecule has 0 saturated carbocycles. The molecule has 2 rings (SSSR count). The van der Waals surface area contributed by atoms with Crippen molar-refractivity contribution in [2.24, 2.45) is 0 Å². The highest BCUT2D eigenvalue weighted by atomic mass is 35.5. The highest BCUT2D eigenvalue weighted by Crippen LogP contribution is 2.21. The first-order chi connectivity index (χ1) is 11.2. The Morgan fingerprint density at radius 3 is 2.44 bits per heavy atom. The van der Waals surface area contributed by atoms with Crippen LogP contribution in [0.25, 0.3) is 0 Å². The van der Waals surface area contributed by atoms with Crippen molar-refractivity contribution in [1.82, 2.24) is 14.9 Å². The number of piperazine rings is 1. The summed E-state index contributed by atoms with van der Waals surface area (Å²) in [5, 5.41) is 3.28. The van der Waals surface area contributed by atoms with Gasteiger partial charge >= 0.3 is 0 Å². The molecular formula is C17H28ClN3O3S. The van der Waals surface area contributed by atoms with Crippen LogP contribution in [0.2, 0.25) is 0 Å². The van der Waals surface area contributed by atoms with Crippen LogP contribution in [0.5, 0.6) is 0 Å². The summed E-state index contributed by atoms with van der Waals surface area (Å²) in [5.41, 5.74) is 2.48. The van der Waals surface area contributed by atoms with Crippen molar-refractivity contribution < 1.29 is 13.2 Å². The standard InChI is InChI=1S/C17H27N3O3S.ClH/c1-12-9-13(2)17(14(3)10-12)24(22,23)19-6-5-16(21)20-8-7-18-15(4)11-20;/h9-10,15,18-19H,5-8,11H2,1-4H3;1H. The molecule has 1 atom stereocenters. The monoisotopic (exact) mass is 389 g/mol. The number of benzene rings is 1. The van der Waals surface area contributed by atoms with Gasteiger partial charge in [0.15, 0.2) is 0 Å². The summed E-state index contributed by atoms with van der Waals surface area (Å²) >= 11 is 0. The van der Waals surface area contributed by atoms with E-state index in [9.17, 15) is 13.2 Å². The first-order valence-corrected chi connectivity index (χ1v) is 9.77. The summed E-state index contributed by atoms with van der Waals surface area (Å²) in [6, 6.07) is 3.99. The van der Waals surface area contributed by atoms with Crippen molar-refractivity contribution in [3.8, 4) is 0 Å². The minimum atomic E-state index is -3.61. The summed E-state index contributed by atoms with van der Waals surface area (Å²) < 4.78 is 27.7. The fourth-order valence-corrected chi connectivity index (χ4v) is 4.75. The summed E-state index contributed by atoms with van der Waals surface area (Å²) in [5.74, 6) is -0.0107. The molecule has 1 aliphatic heterocycles. The summed E-state index contributed by atoms with van der Waals surface area (Å²) in [4.78, 5) is 14.3. The first-order valence-electron chi connectivity index (χ1n) is 8.29. The SMILES string of the molecule is Cc1cc(C)c(S(=O)(=O)NCCC(=O)N2CCNC(C)C2)c(C)c1.Cl. The zero-order valence-corrected chi connectivity index (χ0v) is 16.9. The van der Waals surface area contributed by atoms with Gasteiger partial charge in [0.1, 0.15) is 0 Å². The fourth-order valence-electron chi connectivity index (χ4n) is 3.27. The minimum Gasteiger partial charge on any atom is -0.340 e. The van der Waals surface area contributed by atoms with E-state index in [1.54, 1.807) is 18.7 Å². The quantitative estimate of drug-likeness (QED) is 0.800. The lowest BCUT2D eigenvalue weighted by molar-refractivity contribution is -0.132. The second-order valence-electron chi connectivity index (χ2n) is 6.57. The van der Waals surface area contributed by atoms with Crippen molar-refractivity contribution in [1.29, 1.82) is 0 Å². The zero-order chi connectivity index (χ0) is 17.9. The second kappa shape index (κ2) is 8.98. The van der Waals surface area contributed by atoms with E-state index in [0.717, 1.165) is 23.2 Å². The van der Waals surface area contributed by atoms with Crippen LogP contribution >= 0.6 is 12.4 Å². The number of nitrogens with one attached hydrogen (secondary N) is 2. The van der Waals surface area contributed by atoms with Gasteiger partial charge in [-0.05, 0) is 38.8 Å². The van der Waals surface area contributed by atoms with Crippen molar-refractivity contribution in [2.75, 3.05) is 26.2 Å². The molecule has 1 aromatic carbocycles. The molecule has 6 nitrogen and oxygen atoms in total. The van der Waals surface area contributed by atoms with Gasteiger partial charge in [0.2, 0.25) is 15.9 Å². The van der Waals surface area contributed by atoms with Crippen LogP contribution in [0.3, 0.4) is 0 Å². The molecule has 0 aliphatic carbocycles. The molecule has 1 amide bonds. The summed E-state index contributed by atoms with van der Waals surface area (Å²) in [6.45, 7) is 9.80. The molecule has 142 valence electrons. The van der Waals surface area contributed by atoms with Crippen molar-refractivity contribution in [2.45, 2.75) is 45.1 Å². The smallest absolute Gasteiger partial charge is 0.241 e. The first kappa shape index (κ1) is 21.9. The number of hydrogen-bond acceptors (Lipinski definition) is 4. The maximum Gasteiger partial charge on any atom is 0.241 e. The molecule has 2 N–H and O–H groups in total. The van der Waals surface area contributed by atoms with Crippen LogP contribution in [-0.4, -0.2) is 51.4 Å². The number of carbonyl (C=O) groups is 1. The molecule has 0 spiro atoms. The summed E-state index contributed by atoms with van der Waals surface area (Å²) in [6.07, 6.45) is 0.176. The Labute approximate surface area is 156 Å². The molecule has 1 unspecified atom stereocenters. The number of amides is 1. The van der Waals surface area contributed by atoms with Crippen LogP contribution in [0.15, 0.2) is 17.0 Å². The average molecular weight is 390 g/mol. The van der Waals surface area contributed by atoms with Crippen LogP contribution in [0.4, 0.5) is 0 Å². The molecule has 25 heavy (non-hydrogen) atoms. The number of rotatable bonds is 5. The minimum absolute atomic E-state index is 0. The Balaban J connectivity index is 0.00000312. The lowest BCUT2D eigenvalue weighted by Crippen LogP contribution is -2.51. The van der Waals surface area contributed by atoms with Crippen molar-refractivity contribution >= 4 is 28.3 Å². The average Bonchev–Trinajstić information content (AvgIpc) is 2.45. The van der Waals surface area contributed by atoms with E-state index in [0.29, 0.717) is 18.0 Å². The number of carbonyl (C=O) groups excluding carboxylic acids is 1. The number of nitrogens with zero attached hydrogens (tertiary/aromatic N) is 1. The van der Waals surface area contributed by atoms with Crippen LogP contribution in [0, 0.1) is 20.8 Å². The van der Waals surface area contributed by atoms with E-state index in [1.165, 1.54) is 0 Å². The molecule has 1 saturated heterocycles. The normalized spacial score (nSPS) is 17.9. The molecular weight excluding hydrogens is 362 g/mol. The molecule has 1 aromatic rings. The Kier molecular flexibility index (Phi) is 7.87. The van der Waals surface area contributed by atoms with Gasteiger partial charge in [-0.3, -0.25) is 4.79 Å². The van der Waals surface area contributed by atoms with Gasteiger partial charge in [-0.2, -0.15) is 0 Å². The van der Waals surface area contributed by atoms with Gasteiger partial charge in [0.05, 0.1) is 4.90 Å². The maximum atomic E-state index is 12.5. The summed E-state index contributed by atoms with van der Waals surface area (Å²) in [7, 11) is -3.61. The fraction of sp³-hybridized carbons (Fsp3) is 0.588. The molecule has 1 heterocycles. The van der Waals surface area contributed by atoms with Gasteiger partial charge < -0.3 is 10.2 Å². The molecule has 0 bridgehead atoms. The Morgan fingerprint density at radius 1 is 1.28 bits per heavy atom. The highest BCUT2D eigenvalue weighted by Gasteiger charge is 2.22. The third-order valence-corrected chi connectivity index (χ3v) is 5.99. The predicted molar refractivity (Wildman–Crippen MR) is 102 cm³/mol. The van der Waals surface area contributed by atoms with Crippen molar-refractivity contribution in [3.63, 3.8) is 0 Å². The van der Waals surface area contributed by atoms with Crippen LogP contribution in [0.1, 0.15) is 30.0 Å². The van der Waals surface area contributed by atoms with E-state index in [1.807, 2.05) is 26.0 Å². The second-order valence-corrected chi connectivity index (χ2v) is 8.27. The molecule has 1 fully saturated rings. The third kappa shape index (κ3) is 5.67. The number of halogens is 1. The number of sulfonamides is 1. The Hall–Kier alpha value is -1.15. The molecule has 0 aromatic heterocycles. The Morgan fingerprint density at radius 2 is 1.88 bits per heavy atom. The lowest BCUT2D eigenvalue weighted by atomic mass is 10.1. The topological polar surface area (TPSA) is 78.5 Å². The molecule has 0 radical (unpaired) electrons. The molecule has 1 aliphatic rings. The van der Waals surface area contributed by atoms with Gasteiger partial charge in [0.25, 0.3) is 0 Å². The largest absolute Gasteiger partial charge is 0.340 e. The maximum absolute atomic E-state index is 12.5. The van der Waals surface area contributed by atoms with Gasteiger partial charge in [-0.25, -0.2) is 13.1 Å². The number of aryl methyl sites for hydroxylation is 3. The van der Waals surface area contributed by atoms with E-state index in [2.05, 4.69) is 10.0 Å². The van der Waals surface area contributed by atoms with Gasteiger partial charge in [-0.15, -0.1) is 12.4 Å². The van der Waals surface area contributed by atoms with E-state index < -0.39 is 10.0 Å². The van der Waals surface area contributed by atoms with Gasteiger partial charge in [-0.1, -0.05) is 17.7 Å². The predicted octanol–water partition coefficient (Wildman–Crippen LogP) is 1.52.